The zero-order valence-electron chi connectivity index (χ0n) is 15.6. The molecule has 28 heavy (non-hydrogen) atoms. The molecule has 0 radical (unpaired) electrons. The van der Waals surface area contributed by atoms with Crippen molar-refractivity contribution in [3.63, 3.8) is 0 Å². The van der Waals surface area contributed by atoms with Crippen molar-refractivity contribution in [3.8, 4) is 0 Å². The zero-order valence-corrected chi connectivity index (χ0v) is 15.6. The fraction of sp³-hybridized carbons (Fsp3) is 0.0769. The molecular weight excluding hydrogens is 340 g/mol. The molecule has 0 unspecified atom stereocenters. The predicted octanol–water partition coefficient (Wildman–Crippen LogP) is 6.80. The van der Waals surface area contributed by atoms with Crippen molar-refractivity contribution in [1.29, 1.82) is 0 Å². The van der Waals surface area contributed by atoms with Gasteiger partial charge in [0, 0.05) is 0 Å². The minimum absolute atomic E-state index is 0.401. The molecule has 4 rings (SSSR count). The summed E-state index contributed by atoms with van der Waals surface area (Å²) in [6.45, 7) is 0.528. The lowest BCUT2D eigenvalue weighted by atomic mass is 9.69. The Bertz CT molecular complexity index is 914. The summed E-state index contributed by atoms with van der Waals surface area (Å²) in [5.74, 6) is 0. The molecule has 0 aliphatic carbocycles. The number of benzene rings is 4. The normalized spacial score (nSPS) is 11.6. The highest BCUT2D eigenvalue weighted by molar-refractivity contribution is 5.51. The van der Waals surface area contributed by atoms with Crippen LogP contribution in [0.1, 0.15) is 16.7 Å². The van der Waals surface area contributed by atoms with Crippen molar-refractivity contribution < 1.29 is 0 Å². The van der Waals surface area contributed by atoms with Gasteiger partial charge in [-0.05, 0) is 28.8 Å². The van der Waals surface area contributed by atoms with Crippen LogP contribution in [0, 0.1) is 0 Å². The van der Waals surface area contributed by atoms with E-state index in [1.54, 1.807) is 0 Å². The molecule has 0 heterocycles. The molecule has 136 valence electrons. The van der Waals surface area contributed by atoms with E-state index in [9.17, 15) is 0 Å². The molecule has 0 bridgehead atoms. The monoisotopic (exact) mass is 362 g/mol. The highest BCUT2D eigenvalue weighted by Gasteiger charge is 2.36. The minimum atomic E-state index is -0.401. The van der Waals surface area contributed by atoms with Crippen molar-refractivity contribution in [1.82, 2.24) is 0 Å². The maximum absolute atomic E-state index is 4.67. The molecule has 2 nitrogen and oxygen atoms in total. The largest absolute Gasteiger partial charge is 0.187 e. The van der Waals surface area contributed by atoms with Crippen molar-refractivity contribution in [3.05, 3.63) is 138 Å². The van der Waals surface area contributed by atoms with Gasteiger partial charge in [-0.15, -0.1) is 0 Å². The van der Waals surface area contributed by atoms with Crippen LogP contribution in [-0.2, 0) is 5.41 Å². The molecule has 4 aromatic carbocycles. The minimum Gasteiger partial charge on any atom is -0.187 e. The Balaban J connectivity index is 1.87. The molecule has 0 aliphatic rings. The third-order valence-corrected chi connectivity index (χ3v) is 5.05. The van der Waals surface area contributed by atoms with Crippen molar-refractivity contribution >= 4 is 5.69 Å². The number of hydrogen-bond donors (Lipinski definition) is 0. The maximum atomic E-state index is 4.67. The summed E-state index contributed by atoms with van der Waals surface area (Å²) < 4.78 is 0. The van der Waals surface area contributed by atoms with E-state index in [-0.39, 0.29) is 0 Å². The standard InChI is InChI=1S/C26H22N2/c1-5-13-22(14-6-1)26(23-15-7-2-8-16-23,24-17-9-3-10-18-24)21-27-28-25-19-11-4-12-20-25/h1-20H,21H2. The lowest BCUT2D eigenvalue weighted by molar-refractivity contribution is 0.615. The molecule has 0 aliphatic heterocycles. The molecule has 0 spiro atoms. The summed E-state index contributed by atoms with van der Waals surface area (Å²) in [6, 6.07) is 41.6. The van der Waals surface area contributed by atoms with Gasteiger partial charge in [0.1, 0.15) is 0 Å². The second-order valence-corrected chi connectivity index (χ2v) is 6.74. The Morgan fingerprint density at radius 1 is 0.464 bits per heavy atom. The Morgan fingerprint density at radius 3 is 1.21 bits per heavy atom. The smallest absolute Gasteiger partial charge is 0.0852 e. The Morgan fingerprint density at radius 2 is 0.821 bits per heavy atom. The Kier molecular flexibility index (Phi) is 5.39. The van der Waals surface area contributed by atoms with Gasteiger partial charge >= 0.3 is 0 Å². The lowest BCUT2D eigenvalue weighted by Crippen LogP contribution is -2.32. The molecule has 0 aromatic heterocycles. The van der Waals surface area contributed by atoms with Crippen LogP contribution in [0.15, 0.2) is 132 Å². The van der Waals surface area contributed by atoms with E-state index in [0.717, 1.165) is 5.69 Å². The van der Waals surface area contributed by atoms with E-state index in [2.05, 4.69) is 101 Å². The van der Waals surface area contributed by atoms with E-state index >= 15 is 0 Å². The lowest BCUT2D eigenvalue weighted by Gasteiger charge is -2.34. The predicted molar refractivity (Wildman–Crippen MR) is 115 cm³/mol. The first-order chi connectivity index (χ1) is 13.9. The maximum Gasteiger partial charge on any atom is 0.0852 e. The number of rotatable bonds is 6. The van der Waals surface area contributed by atoms with Crippen LogP contribution in [0.4, 0.5) is 5.69 Å². The summed E-state index contributed by atoms with van der Waals surface area (Å²) in [7, 11) is 0. The summed E-state index contributed by atoms with van der Waals surface area (Å²) in [5, 5.41) is 9.16. The molecule has 2 heteroatoms. The number of azo groups is 1. The quantitative estimate of drug-likeness (QED) is 0.266. The molecule has 0 atom stereocenters. The first-order valence-electron chi connectivity index (χ1n) is 9.49. The van der Waals surface area contributed by atoms with Crippen LogP contribution in [0.25, 0.3) is 0 Å². The van der Waals surface area contributed by atoms with Crippen LogP contribution in [-0.4, -0.2) is 6.54 Å². The van der Waals surface area contributed by atoms with Gasteiger partial charge in [0.25, 0.3) is 0 Å². The van der Waals surface area contributed by atoms with E-state index < -0.39 is 5.41 Å². The van der Waals surface area contributed by atoms with Crippen molar-refractivity contribution in [2.75, 3.05) is 6.54 Å². The molecule has 0 N–H and O–H groups in total. The summed E-state index contributed by atoms with van der Waals surface area (Å²) in [6.07, 6.45) is 0. The van der Waals surface area contributed by atoms with Gasteiger partial charge in [-0.3, -0.25) is 0 Å². The first kappa shape index (κ1) is 17.9. The van der Waals surface area contributed by atoms with Crippen LogP contribution in [0.2, 0.25) is 0 Å². The van der Waals surface area contributed by atoms with E-state index in [1.807, 2.05) is 30.3 Å². The summed E-state index contributed by atoms with van der Waals surface area (Å²) >= 11 is 0. The molecule has 0 amide bonds. The van der Waals surface area contributed by atoms with Gasteiger partial charge in [0.15, 0.2) is 0 Å². The molecule has 0 saturated heterocycles. The van der Waals surface area contributed by atoms with Crippen LogP contribution < -0.4 is 0 Å². The fourth-order valence-electron chi connectivity index (χ4n) is 3.66. The summed E-state index contributed by atoms with van der Waals surface area (Å²) in [4.78, 5) is 0. The van der Waals surface area contributed by atoms with E-state index in [0.29, 0.717) is 6.54 Å². The van der Waals surface area contributed by atoms with Gasteiger partial charge in [0.2, 0.25) is 0 Å². The number of nitrogens with zero attached hydrogens (tertiary/aromatic N) is 2. The van der Waals surface area contributed by atoms with Gasteiger partial charge in [0.05, 0.1) is 17.6 Å². The first-order valence-corrected chi connectivity index (χ1v) is 9.49. The second-order valence-electron chi connectivity index (χ2n) is 6.74. The average molecular weight is 362 g/mol. The zero-order chi connectivity index (χ0) is 19.1. The van der Waals surface area contributed by atoms with Crippen LogP contribution in [0.3, 0.4) is 0 Å². The van der Waals surface area contributed by atoms with Gasteiger partial charge in [-0.25, -0.2) is 0 Å². The van der Waals surface area contributed by atoms with E-state index in [4.69, 9.17) is 0 Å². The molecule has 0 saturated carbocycles. The Hall–Kier alpha value is -3.52. The molecule has 0 fully saturated rings. The Labute approximate surface area is 166 Å². The topological polar surface area (TPSA) is 24.7 Å². The van der Waals surface area contributed by atoms with Crippen molar-refractivity contribution in [2.24, 2.45) is 10.2 Å². The van der Waals surface area contributed by atoms with E-state index in [1.165, 1.54) is 16.7 Å². The third kappa shape index (κ3) is 3.63. The highest BCUT2D eigenvalue weighted by Crippen LogP contribution is 2.39. The highest BCUT2D eigenvalue weighted by atomic mass is 15.1. The van der Waals surface area contributed by atoms with Gasteiger partial charge in [-0.1, -0.05) is 109 Å². The number of hydrogen-bond acceptors (Lipinski definition) is 2. The van der Waals surface area contributed by atoms with Gasteiger partial charge < -0.3 is 0 Å². The van der Waals surface area contributed by atoms with Crippen LogP contribution >= 0.6 is 0 Å². The third-order valence-electron chi connectivity index (χ3n) is 5.05. The van der Waals surface area contributed by atoms with Crippen LogP contribution in [0.5, 0.6) is 0 Å². The van der Waals surface area contributed by atoms with Gasteiger partial charge in [-0.2, -0.15) is 10.2 Å². The summed E-state index contributed by atoms with van der Waals surface area (Å²) in [5.41, 5.74) is 4.09. The van der Waals surface area contributed by atoms with Crippen molar-refractivity contribution in [2.45, 2.75) is 5.41 Å². The molecular formula is C26H22N2. The average Bonchev–Trinajstić information content (AvgIpc) is 2.79. The molecule has 4 aromatic rings. The fourth-order valence-corrected chi connectivity index (χ4v) is 3.66. The SMILES string of the molecule is c1ccc(N=NCC(c2ccccc2)(c2ccccc2)c2ccccc2)cc1. The second kappa shape index (κ2) is 8.45.